The van der Waals surface area contributed by atoms with Gasteiger partial charge in [0.1, 0.15) is 11.3 Å². The van der Waals surface area contributed by atoms with Gasteiger partial charge >= 0.3 is 12.0 Å². The maximum atomic E-state index is 13.1. The number of hydrogen-bond donors (Lipinski definition) is 1. The molecule has 0 aromatic heterocycles. The fourth-order valence-electron chi connectivity index (χ4n) is 3.34. The summed E-state index contributed by atoms with van der Waals surface area (Å²) in [5, 5.41) is 13.3. The minimum absolute atomic E-state index is 0.0592. The summed E-state index contributed by atoms with van der Waals surface area (Å²) >= 11 is 5.88. The molecule has 0 unspecified atom stereocenters. The Morgan fingerprint density at radius 3 is 2.32 bits per heavy atom. The lowest BCUT2D eigenvalue weighted by molar-refractivity contribution is -0.384. The summed E-state index contributed by atoms with van der Waals surface area (Å²) in [6, 6.07) is 16.8. The van der Waals surface area contributed by atoms with Crippen LogP contribution in [0.4, 0.5) is 16.2 Å². The zero-order valence-corrected chi connectivity index (χ0v) is 19.5. The quantitative estimate of drug-likeness (QED) is 0.127. The SMILES string of the molecule is O=C(/C=C/c1ccc([N+](=O)[O-])cc1)Oc1ccccc1/C=C1/C(=O)NC(=O)N(c2ccc(Cl)cc2)C1=O. The summed E-state index contributed by atoms with van der Waals surface area (Å²) in [4.78, 5) is 61.3. The summed E-state index contributed by atoms with van der Waals surface area (Å²) in [7, 11) is 0. The molecule has 4 rings (SSSR count). The number of urea groups is 1. The minimum Gasteiger partial charge on any atom is -0.423 e. The van der Waals surface area contributed by atoms with Gasteiger partial charge in [-0.15, -0.1) is 0 Å². The summed E-state index contributed by atoms with van der Waals surface area (Å²) < 4.78 is 5.37. The van der Waals surface area contributed by atoms with Crippen LogP contribution in [-0.2, 0) is 14.4 Å². The lowest BCUT2D eigenvalue weighted by atomic mass is 10.1. The molecule has 1 aliphatic heterocycles. The fourth-order valence-corrected chi connectivity index (χ4v) is 3.47. The number of nitrogens with one attached hydrogen (secondary N) is 1. The normalized spacial score (nSPS) is 14.7. The van der Waals surface area contributed by atoms with Gasteiger partial charge in [-0.3, -0.25) is 25.0 Å². The standard InChI is InChI=1S/C26H16ClN3O7/c27-18-8-12-19(13-9-18)29-25(33)21(24(32)28-26(29)34)15-17-3-1-2-4-22(17)37-23(31)14-7-16-5-10-20(11-6-16)30(35)36/h1-15H,(H,28,32,34)/b14-7+,21-15-. The van der Waals surface area contributed by atoms with Crippen molar-refractivity contribution in [2.45, 2.75) is 0 Å². The molecule has 1 fully saturated rings. The number of imide groups is 2. The molecule has 4 amide bonds. The molecule has 0 aliphatic carbocycles. The zero-order chi connectivity index (χ0) is 26.5. The Kier molecular flexibility index (Phi) is 7.21. The molecular formula is C26H16ClN3O7. The minimum atomic E-state index is -0.912. The topological polar surface area (TPSA) is 136 Å². The van der Waals surface area contributed by atoms with Crippen molar-refractivity contribution < 1.29 is 28.8 Å². The molecule has 0 atom stereocenters. The van der Waals surface area contributed by atoms with Gasteiger partial charge in [0.25, 0.3) is 17.5 Å². The van der Waals surface area contributed by atoms with E-state index >= 15 is 0 Å². The number of hydrogen-bond acceptors (Lipinski definition) is 7. The van der Waals surface area contributed by atoms with Gasteiger partial charge in [-0.1, -0.05) is 29.8 Å². The average Bonchev–Trinajstić information content (AvgIpc) is 2.87. The van der Waals surface area contributed by atoms with E-state index in [4.69, 9.17) is 16.3 Å². The van der Waals surface area contributed by atoms with E-state index in [0.29, 0.717) is 10.6 Å². The number of nitro benzene ring substituents is 1. The molecule has 184 valence electrons. The number of non-ortho nitro benzene ring substituents is 1. The number of barbiturate groups is 1. The number of carbonyl (C=O) groups is 4. The van der Waals surface area contributed by atoms with Crippen molar-refractivity contribution >= 4 is 58.9 Å². The smallest absolute Gasteiger partial charge is 0.336 e. The number of nitrogens with zero attached hydrogens (tertiary/aromatic N) is 2. The Bertz CT molecular complexity index is 1480. The van der Waals surface area contributed by atoms with Crippen LogP contribution in [0.5, 0.6) is 5.75 Å². The molecule has 1 aliphatic rings. The maximum absolute atomic E-state index is 13.1. The summed E-state index contributed by atoms with van der Waals surface area (Å²) in [6.07, 6.45) is 3.76. The first-order valence-corrected chi connectivity index (χ1v) is 11.0. The molecule has 3 aromatic rings. The van der Waals surface area contributed by atoms with Crippen LogP contribution in [0.3, 0.4) is 0 Å². The third-order valence-corrected chi connectivity index (χ3v) is 5.38. The highest BCUT2D eigenvalue weighted by Gasteiger charge is 2.37. The molecule has 1 N–H and O–H groups in total. The highest BCUT2D eigenvalue weighted by molar-refractivity contribution is 6.39. The van der Waals surface area contributed by atoms with Crippen LogP contribution < -0.4 is 15.0 Å². The Morgan fingerprint density at radius 1 is 0.973 bits per heavy atom. The number of carbonyl (C=O) groups excluding carboxylic acids is 4. The molecule has 3 aromatic carbocycles. The lowest BCUT2D eigenvalue weighted by Crippen LogP contribution is -2.54. The van der Waals surface area contributed by atoms with E-state index in [9.17, 15) is 29.3 Å². The van der Waals surface area contributed by atoms with Crippen LogP contribution in [-0.4, -0.2) is 28.7 Å². The second kappa shape index (κ2) is 10.7. The Hall–Kier alpha value is -5.09. The van der Waals surface area contributed by atoms with E-state index in [1.807, 2.05) is 0 Å². The number of ether oxygens (including phenoxy) is 1. The van der Waals surface area contributed by atoms with Crippen molar-refractivity contribution in [2.75, 3.05) is 4.90 Å². The molecule has 0 radical (unpaired) electrons. The Morgan fingerprint density at radius 2 is 1.65 bits per heavy atom. The number of benzene rings is 3. The lowest BCUT2D eigenvalue weighted by Gasteiger charge is -2.26. The van der Waals surface area contributed by atoms with Crippen molar-refractivity contribution in [2.24, 2.45) is 0 Å². The summed E-state index contributed by atoms with van der Waals surface area (Å²) in [6.45, 7) is 0. The van der Waals surface area contributed by atoms with Gasteiger partial charge in [0.05, 0.1) is 10.6 Å². The third kappa shape index (κ3) is 5.77. The van der Waals surface area contributed by atoms with Gasteiger partial charge in [0.2, 0.25) is 0 Å². The molecule has 11 heteroatoms. The predicted molar refractivity (Wildman–Crippen MR) is 135 cm³/mol. The average molecular weight is 518 g/mol. The van der Waals surface area contributed by atoms with E-state index in [1.54, 1.807) is 12.1 Å². The van der Waals surface area contributed by atoms with E-state index in [1.165, 1.54) is 72.8 Å². The van der Waals surface area contributed by atoms with Crippen LogP contribution in [0.2, 0.25) is 5.02 Å². The first-order valence-electron chi connectivity index (χ1n) is 10.6. The van der Waals surface area contributed by atoms with Crippen molar-refractivity contribution in [1.29, 1.82) is 0 Å². The summed E-state index contributed by atoms with van der Waals surface area (Å²) in [5.41, 5.74) is 0.554. The van der Waals surface area contributed by atoms with Crippen LogP contribution >= 0.6 is 11.6 Å². The third-order valence-electron chi connectivity index (χ3n) is 5.13. The Labute approximate surface area is 214 Å². The van der Waals surface area contributed by atoms with E-state index in [0.717, 1.165) is 11.0 Å². The number of esters is 1. The molecule has 10 nitrogen and oxygen atoms in total. The molecule has 37 heavy (non-hydrogen) atoms. The number of anilines is 1. The van der Waals surface area contributed by atoms with E-state index in [2.05, 4.69) is 5.32 Å². The fraction of sp³-hybridized carbons (Fsp3) is 0. The molecule has 0 spiro atoms. The number of nitro groups is 1. The van der Waals surface area contributed by atoms with Crippen molar-refractivity contribution in [3.05, 3.63) is 111 Å². The van der Waals surface area contributed by atoms with Gasteiger partial charge in [0, 0.05) is 28.8 Å². The predicted octanol–water partition coefficient (Wildman–Crippen LogP) is 4.53. The first kappa shape index (κ1) is 25.0. The summed E-state index contributed by atoms with van der Waals surface area (Å²) in [5.74, 6) is -2.47. The van der Waals surface area contributed by atoms with Crippen molar-refractivity contribution in [3.8, 4) is 5.75 Å². The number of para-hydroxylation sites is 1. The molecule has 0 saturated carbocycles. The van der Waals surface area contributed by atoms with E-state index in [-0.39, 0.29) is 28.3 Å². The largest absolute Gasteiger partial charge is 0.423 e. The number of halogens is 1. The van der Waals surface area contributed by atoms with Crippen LogP contribution in [0.1, 0.15) is 11.1 Å². The van der Waals surface area contributed by atoms with Crippen molar-refractivity contribution in [3.63, 3.8) is 0 Å². The van der Waals surface area contributed by atoms with Gasteiger partial charge in [-0.05, 0) is 60.2 Å². The monoisotopic (exact) mass is 517 g/mol. The zero-order valence-electron chi connectivity index (χ0n) is 18.8. The van der Waals surface area contributed by atoms with E-state index < -0.39 is 28.7 Å². The van der Waals surface area contributed by atoms with Gasteiger partial charge in [-0.2, -0.15) is 0 Å². The maximum Gasteiger partial charge on any atom is 0.336 e. The van der Waals surface area contributed by atoms with Crippen LogP contribution in [0, 0.1) is 10.1 Å². The second-order valence-corrected chi connectivity index (χ2v) is 8.01. The number of rotatable bonds is 6. The van der Waals surface area contributed by atoms with Crippen LogP contribution in [0.15, 0.2) is 84.4 Å². The van der Waals surface area contributed by atoms with Crippen molar-refractivity contribution in [1.82, 2.24) is 5.32 Å². The molecule has 0 bridgehead atoms. The number of amides is 4. The Balaban J connectivity index is 1.56. The van der Waals surface area contributed by atoms with Gasteiger partial charge in [-0.25, -0.2) is 14.5 Å². The molecular weight excluding hydrogens is 502 g/mol. The highest BCUT2D eigenvalue weighted by Crippen LogP contribution is 2.26. The first-order chi connectivity index (χ1) is 17.7. The van der Waals surface area contributed by atoms with Gasteiger partial charge < -0.3 is 4.74 Å². The highest BCUT2D eigenvalue weighted by atomic mass is 35.5. The van der Waals surface area contributed by atoms with Gasteiger partial charge in [0.15, 0.2) is 0 Å². The van der Waals surface area contributed by atoms with Crippen LogP contribution in [0.25, 0.3) is 12.2 Å². The second-order valence-electron chi connectivity index (χ2n) is 7.58. The molecule has 1 saturated heterocycles. The molecule has 1 heterocycles.